The number of nitrogens with one attached hydrogen (secondary N) is 1. The molecule has 6 heteroatoms. The van der Waals surface area contributed by atoms with Crippen molar-refractivity contribution < 1.29 is 14.8 Å². The van der Waals surface area contributed by atoms with Gasteiger partial charge in [0.15, 0.2) is 23.4 Å². The van der Waals surface area contributed by atoms with E-state index in [0.717, 1.165) is 21.9 Å². The van der Waals surface area contributed by atoms with Crippen LogP contribution in [0.25, 0.3) is 0 Å². The van der Waals surface area contributed by atoms with Crippen LogP contribution in [0.2, 0.25) is 5.02 Å². The number of aliphatic hydroxyl groups excluding tert-OH is 1. The first-order valence-corrected chi connectivity index (χ1v) is 7.89. The van der Waals surface area contributed by atoms with Crippen LogP contribution in [0, 0.1) is 11.8 Å². The Hall–Kier alpha value is -2.39. The molecule has 24 heavy (non-hydrogen) atoms. The summed E-state index contributed by atoms with van der Waals surface area (Å²) in [5.74, 6) is 5.90. The smallest absolute Gasteiger partial charge is 0.261 e. The van der Waals surface area contributed by atoms with Crippen molar-refractivity contribution in [2.24, 2.45) is 4.99 Å². The molecule has 2 heterocycles. The Bertz CT molecular complexity index is 859. The van der Waals surface area contributed by atoms with Crippen molar-refractivity contribution in [2.45, 2.75) is 6.92 Å². The number of halogens is 1. The highest BCUT2D eigenvalue weighted by Gasteiger charge is 2.37. The molecule has 0 aromatic heterocycles. The lowest BCUT2D eigenvalue weighted by atomic mass is 10.1. The number of amides is 1. The van der Waals surface area contributed by atoms with E-state index in [-0.39, 0.29) is 12.5 Å². The van der Waals surface area contributed by atoms with E-state index >= 15 is 0 Å². The van der Waals surface area contributed by atoms with Crippen molar-refractivity contribution in [3.63, 3.8) is 0 Å². The van der Waals surface area contributed by atoms with Gasteiger partial charge in [-0.2, -0.15) is 4.99 Å². The highest BCUT2D eigenvalue weighted by Crippen LogP contribution is 2.27. The Labute approximate surface area is 145 Å². The molecule has 3 rings (SSSR count). The quantitative estimate of drug-likeness (QED) is 0.752. The average molecular weight is 343 g/mol. The number of benzene rings is 1. The van der Waals surface area contributed by atoms with E-state index in [1.54, 1.807) is 30.4 Å². The summed E-state index contributed by atoms with van der Waals surface area (Å²) in [7, 11) is 1.74. The predicted octanol–water partition coefficient (Wildman–Crippen LogP) is 1.14. The monoisotopic (exact) mass is 342 g/mol. The summed E-state index contributed by atoms with van der Waals surface area (Å²) < 4.78 is 0. The van der Waals surface area contributed by atoms with Gasteiger partial charge in [0, 0.05) is 13.1 Å². The summed E-state index contributed by atoms with van der Waals surface area (Å²) in [6, 6.07) is 5.43. The van der Waals surface area contributed by atoms with Gasteiger partial charge in [-0.15, -0.1) is 0 Å². The van der Waals surface area contributed by atoms with Crippen molar-refractivity contribution in [2.75, 3.05) is 20.2 Å². The Morgan fingerprint density at radius 1 is 1.54 bits per heavy atom. The first-order valence-electron chi connectivity index (χ1n) is 7.51. The first-order chi connectivity index (χ1) is 11.5. The van der Waals surface area contributed by atoms with Crippen molar-refractivity contribution >= 4 is 29.5 Å². The molecule has 1 aromatic carbocycles. The van der Waals surface area contributed by atoms with Crippen molar-refractivity contribution in [3.05, 3.63) is 51.8 Å². The lowest BCUT2D eigenvalue weighted by Gasteiger charge is -2.13. The minimum Gasteiger partial charge on any atom is -0.392 e. The Morgan fingerprint density at radius 3 is 3.08 bits per heavy atom. The molecule has 0 bridgehead atoms. The summed E-state index contributed by atoms with van der Waals surface area (Å²) in [5, 5.41) is 9.34. The maximum atomic E-state index is 12.6. The van der Waals surface area contributed by atoms with Crippen LogP contribution >= 0.6 is 11.6 Å². The molecular formula is C18H17ClN3O2+. The maximum absolute atomic E-state index is 12.6. The van der Waals surface area contributed by atoms with Crippen LogP contribution in [0.5, 0.6) is 0 Å². The summed E-state index contributed by atoms with van der Waals surface area (Å²) in [6.07, 6.45) is 3.38. The number of aliphatic imine (C=N–C) groups is 1. The van der Waals surface area contributed by atoms with Gasteiger partial charge in [0.1, 0.15) is 5.56 Å². The van der Waals surface area contributed by atoms with Crippen LogP contribution in [0.1, 0.15) is 17.3 Å². The largest absolute Gasteiger partial charge is 0.392 e. The second kappa shape index (κ2) is 6.62. The molecule has 0 radical (unpaired) electrons. The summed E-state index contributed by atoms with van der Waals surface area (Å²) in [6.45, 7) is 2.21. The van der Waals surface area contributed by atoms with Gasteiger partial charge in [0.05, 0.1) is 18.2 Å². The Balaban J connectivity index is 2.11. The van der Waals surface area contributed by atoms with E-state index in [4.69, 9.17) is 16.7 Å². The predicted molar refractivity (Wildman–Crippen MR) is 93.2 cm³/mol. The van der Waals surface area contributed by atoms with E-state index < -0.39 is 0 Å². The molecule has 0 saturated heterocycles. The number of carbonyl (C=O) groups excluding carboxylic acids is 1. The fourth-order valence-electron chi connectivity index (χ4n) is 2.72. The highest BCUT2D eigenvalue weighted by atomic mass is 35.5. The lowest BCUT2D eigenvalue weighted by molar-refractivity contribution is -0.673. The normalized spacial score (nSPS) is 19.7. The molecule has 5 nitrogen and oxygen atoms in total. The molecule has 0 saturated carbocycles. The number of carbonyl (C=O) groups is 1. The minimum atomic E-state index is -0.109. The fourth-order valence-corrected chi connectivity index (χ4v) is 2.98. The van der Waals surface area contributed by atoms with Crippen LogP contribution < -0.4 is 4.90 Å². The third kappa shape index (κ3) is 2.87. The molecule has 0 fully saturated rings. The second-order valence-electron chi connectivity index (χ2n) is 5.64. The minimum absolute atomic E-state index is 0.0455. The molecule has 1 amide bonds. The first kappa shape index (κ1) is 16.5. The maximum Gasteiger partial charge on any atom is 0.261 e. The number of aliphatic hydroxyl groups is 1. The molecule has 0 spiro atoms. The highest BCUT2D eigenvalue weighted by molar-refractivity contribution is 6.34. The van der Waals surface area contributed by atoms with Gasteiger partial charge in [-0.3, -0.25) is 4.79 Å². The fraction of sp³-hybridized carbons (Fsp3) is 0.222. The number of likely N-dealkylation sites (N-methyl/N-ethyl adjacent to an activating group) is 1. The number of hydrogen-bond acceptors (Lipinski definition) is 3. The third-order valence-electron chi connectivity index (χ3n) is 3.97. The van der Waals surface area contributed by atoms with Crippen molar-refractivity contribution in [3.8, 4) is 11.8 Å². The topological polar surface area (TPSA) is 57.3 Å². The number of fused-ring (bicyclic) bond motifs is 3. The van der Waals surface area contributed by atoms with Crippen LogP contribution in [-0.4, -0.2) is 42.5 Å². The number of allylic oxidation sites excluding steroid dienone is 2. The van der Waals surface area contributed by atoms with E-state index in [2.05, 4.69) is 16.8 Å². The molecule has 1 unspecified atom stereocenters. The van der Waals surface area contributed by atoms with Crippen molar-refractivity contribution in [1.82, 2.24) is 4.90 Å². The molecule has 0 aliphatic carbocycles. The number of rotatable bonds is 1. The zero-order valence-corrected chi connectivity index (χ0v) is 14.2. The van der Waals surface area contributed by atoms with Gasteiger partial charge in [0.25, 0.3) is 5.91 Å². The summed E-state index contributed by atoms with van der Waals surface area (Å²) >= 11 is 6.26. The van der Waals surface area contributed by atoms with Crippen molar-refractivity contribution in [1.29, 1.82) is 0 Å². The molecule has 2 aliphatic heterocycles. The van der Waals surface area contributed by atoms with E-state index in [9.17, 15) is 4.79 Å². The van der Waals surface area contributed by atoms with Gasteiger partial charge < -0.3 is 10.0 Å². The number of hydrogen-bond donors (Lipinski definition) is 2. The Morgan fingerprint density at radius 2 is 2.33 bits per heavy atom. The van der Waals surface area contributed by atoms with Crippen LogP contribution in [-0.2, 0) is 0 Å². The van der Waals surface area contributed by atoms with Crippen LogP contribution in [0.3, 0.4) is 0 Å². The lowest BCUT2D eigenvalue weighted by Crippen LogP contribution is -3.04. The van der Waals surface area contributed by atoms with Gasteiger partial charge >= 0.3 is 0 Å². The molecule has 122 valence electrons. The molecule has 1 aromatic rings. The summed E-state index contributed by atoms with van der Waals surface area (Å²) in [5.41, 5.74) is 3.62. The van der Waals surface area contributed by atoms with Gasteiger partial charge in [-0.05, 0) is 30.6 Å². The molecule has 1 atom stereocenters. The third-order valence-corrected chi connectivity index (χ3v) is 4.28. The average Bonchev–Trinajstić information content (AvgIpc) is 2.90. The molecule has 2 N–H and O–H groups in total. The van der Waals surface area contributed by atoms with Gasteiger partial charge in [-0.1, -0.05) is 23.6 Å². The SMILES string of the molecule is C/C(C#CC1=C2CN(C)C(=O)c3c(Cl)cccc3[NH+]2C=N1)=C\CO. The standard InChI is InChI=1S/C18H16ClN3O2/c1-12(8-9-23)6-7-14-16-10-21(2)18(24)17-13(19)4-3-5-15(17)22(16)11-20-14/h3-5,8,11,23H,9-10H2,1-2H3/p+1/b12-8+. The molecule has 2 aliphatic rings. The zero-order chi connectivity index (χ0) is 17.3. The Kier molecular flexibility index (Phi) is 4.54. The molecular weight excluding hydrogens is 326 g/mol. The number of quaternary nitrogens is 1. The van der Waals surface area contributed by atoms with E-state index in [0.29, 0.717) is 22.8 Å². The van der Waals surface area contributed by atoms with E-state index in [1.807, 2.05) is 19.1 Å². The number of nitrogens with zero attached hydrogens (tertiary/aromatic N) is 2. The van der Waals surface area contributed by atoms with E-state index in [1.165, 1.54) is 0 Å². The zero-order valence-electron chi connectivity index (χ0n) is 13.4. The van der Waals surface area contributed by atoms with Gasteiger partial charge in [0.2, 0.25) is 0 Å². The second-order valence-corrected chi connectivity index (χ2v) is 6.05. The van der Waals surface area contributed by atoms with Crippen LogP contribution in [0.4, 0.5) is 5.69 Å². The summed E-state index contributed by atoms with van der Waals surface area (Å²) in [4.78, 5) is 19.6. The van der Waals surface area contributed by atoms with Gasteiger partial charge in [-0.25, -0.2) is 4.90 Å². The van der Waals surface area contributed by atoms with Crippen LogP contribution in [0.15, 0.2) is 46.2 Å².